The number of carbonyl (C=O) groups excluding carboxylic acids is 2. The van der Waals surface area contributed by atoms with Crippen LogP contribution in [0.5, 0.6) is 0 Å². The van der Waals surface area contributed by atoms with Crippen LogP contribution in [0.4, 0.5) is 0 Å². The number of carbonyl (C=O) groups is 2. The third kappa shape index (κ3) is 31.8. The fourth-order valence-corrected chi connectivity index (χ4v) is 5.59. The molecule has 0 rings (SSSR count). The van der Waals surface area contributed by atoms with Crippen molar-refractivity contribution in [1.82, 2.24) is 0 Å². The van der Waals surface area contributed by atoms with Crippen molar-refractivity contribution >= 4 is 11.9 Å². The van der Waals surface area contributed by atoms with Crippen LogP contribution < -0.4 is 0 Å². The average molecular weight is 597 g/mol. The fraction of sp³-hybridized carbons (Fsp3) is 0.946. The molecule has 5 nitrogen and oxygen atoms in total. The van der Waals surface area contributed by atoms with E-state index in [2.05, 4.69) is 13.8 Å². The molecular formula is C37H72O5. The number of aliphatic hydroxyl groups excluding tert-OH is 1. The number of unbranched alkanes of at least 4 members (excludes halogenated alkanes) is 26. The Morgan fingerprint density at radius 2 is 0.667 bits per heavy atom. The molecule has 0 radical (unpaired) electrons. The Balaban J connectivity index is 3.63. The van der Waals surface area contributed by atoms with Crippen LogP contribution in [0.25, 0.3) is 0 Å². The summed E-state index contributed by atoms with van der Waals surface area (Å²) >= 11 is 0. The lowest BCUT2D eigenvalue weighted by atomic mass is 10.0. The third-order valence-electron chi connectivity index (χ3n) is 8.36. The van der Waals surface area contributed by atoms with Crippen LogP contribution in [0.3, 0.4) is 0 Å². The lowest BCUT2D eigenvalue weighted by Crippen LogP contribution is -2.25. The first-order valence-corrected chi connectivity index (χ1v) is 18.6. The predicted molar refractivity (Wildman–Crippen MR) is 178 cm³/mol. The van der Waals surface area contributed by atoms with Crippen LogP contribution in [-0.2, 0) is 19.1 Å². The van der Waals surface area contributed by atoms with E-state index in [0.29, 0.717) is 12.8 Å². The van der Waals surface area contributed by atoms with Gasteiger partial charge in [0.1, 0.15) is 0 Å². The van der Waals surface area contributed by atoms with Crippen molar-refractivity contribution in [2.45, 2.75) is 219 Å². The summed E-state index contributed by atoms with van der Waals surface area (Å²) in [6, 6.07) is 0. The molecule has 0 saturated carbocycles. The van der Waals surface area contributed by atoms with E-state index in [9.17, 15) is 14.7 Å². The Bertz CT molecular complexity index is 564. The highest BCUT2D eigenvalue weighted by molar-refractivity contribution is 5.71. The van der Waals surface area contributed by atoms with E-state index >= 15 is 0 Å². The summed E-state index contributed by atoms with van der Waals surface area (Å²) in [6.07, 6.45) is 35.5. The van der Waals surface area contributed by atoms with Crippen molar-refractivity contribution in [3.8, 4) is 0 Å². The number of hydrogen-bond donors (Lipinski definition) is 1. The summed E-state index contributed by atoms with van der Waals surface area (Å²) in [7, 11) is 0. The monoisotopic (exact) mass is 597 g/mol. The summed E-state index contributed by atoms with van der Waals surface area (Å²) in [6.45, 7) is 4.35. The first-order chi connectivity index (χ1) is 20.6. The number of esters is 2. The maximum Gasteiger partial charge on any atom is 0.308 e. The van der Waals surface area contributed by atoms with E-state index in [1.165, 1.54) is 141 Å². The molecule has 0 aromatic heterocycles. The minimum atomic E-state index is -0.965. The molecule has 0 aliphatic rings. The Labute approximate surface area is 261 Å². The molecule has 1 N–H and O–H groups in total. The minimum absolute atomic E-state index is 0.134. The molecular weight excluding hydrogens is 524 g/mol. The molecule has 0 aromatic rings. The zero-order valence-corrected chi connectivity index (χ0v) is 28.3. The lowest BCUT2D eigenvalue weighted by molar-refractivity contribution is -0.190. The van der Waals surface area contributed by atoms with E-state index in [4.69, 9.17) is 9.47 Å². The van der Waals surface area contributed by atoms with Gasteiger partial charge in [-0.3, -0.25) is 9.59 Å². The largest absolute Gasteiger partial charge is 0.425 e. The van der Waals surface area contributed by atoms with Gasteiger partial charge in [0.05, 0.1) is 6.61 Å². The van der Waals surface area contributed by atoms with Crippen molar-refractivity contribution in [3.63, 3.8) is 0 Å². The second-order valence-corrected chi connectivity index (χ2v) is 12.6. The van der Waals surface area contributed by atoms with E-state index in [0.717, 1.165) is 38.5 Å². The Kier molecular flexibility index (Phi) is 33.5. The topological polar surface area (TPSA) is 72.8 Å². The summed E-state index contributed by atoms with van der Waals surface area (Å²) in [5.74, 6) is -0.673. The van der Waals surface area contributed by atoms with E-state index < -0.39 is 6.29 Å². The normalized spacial score (nSPS) is 12.0. The maximum absolute atomic E-state index is 12.2. The quantitative estimate of drug-likeness (QED) is 0.0454. The van der Waals surface area contributed by atoms with Crippen molar-refractivity contribution in [2.75, 3.05) is 6.61 Å². The van der Waals surface area contributed by atoms with Crippen LogP contribution in [-0.4, -0.2) is 29.9 Å². The Morgan fingerprint density at radius 1 is 0.429 bits per heavy atom. The molecule has 0 amide bonds. The molecule has 0 bridgehead atoms. The second-order valence-electron chi connectivity index (χ2n) is 12.6. The van der Waals surface area contributed by atoms with Gasteiger partial charge in [0.15, 0.2) is 0 Å². The maximum atomic E-state index is 12.2. The van der Waals surface area contributed by atoms with Crippen LogP contribution in [0.1, 0.15) is 213 Å². The SMILES string of the molecule is CCCCCCCCCCCCCCCCCC(=O)OC(CCO)OC(=O)CCCCCCCCCCCCCCC. The number of rotatable bonds is 34. The van der Waals surface area contributed by atoms with Gasteiger partial charge in [-0.25, -0.2) is 0 Å². The minimum Gasteiger partial charge on any atom is -0.425 e. The fourth-order valence-electron chi connectivity index (χ4n) is 5.59. The number of ether oxygens (including phenoxy) is 2. The highest BCUT2D eigenvalue weighted by atomic mass is 16.7. The summed E-state index contributed by atoms with van der Waals surface area (Å²) in [5, 5.41) is 9.30. The molecule has 0 aliphatic carbocycles. The van der Waals surface area contributed by atoms with Gasteiger partial charge in [0.2, 0.25) is 6.29 Å². The van der Waals surface area contributed by atoms with Crippen molar-refractivity contribution in [3.05, 3.63) is 0 Å². The first kappa shape index (κ1) is 40.9. The molecule has 42 heavy (non-hydrogen) atoms. The van der Waals surface area contributed by atoms with Crippen LogP contribution in [0, 0.1) is 0 Å². The molecule has 0 heterocycles. The molecule has 250 valence electrons. The number of aliphatic hydroxyl groups is 1. The first-order valence-electron chi connectivity index (χ1n) is 18.6. The Morgan fingerprint density at radius 3 is 0.905 bits per heavy atom. The zero-order chi connectivity index (χ0) is 30.8. The van der Waals surface area contributed by atoms with Gasteiger partial charge in [0, 0.05) is 19.3 Å². The van der Waals surface area contributed by atoms with Gasteiger partial charge in [-0.1, -0.05) is 181 Å². The summed E-state index contributed by atoms with van der Waals surface area (Å²) in [5.41, 5.74) is 0. The molecule has 0 fully saturated rings. The second kappa shape index (κ2) is 34.4. The van der Waals surface area contributed by atoms with Crippen LogP contribution in [0.2, 0.25) is 0 Å². The van der Waals surface area contributed by atoms with Gasteiger partial charge >= 0.3 is 11.9 Å². The van der Waals surface area contributed by atoms with Gasteiger partial charge < -0.3 is 14.6 Å². The molecule has 1 atom stereocenters. The van der Waals surface area contributed by atoms with Crippen molar-refractivity contribution in [2.24, 2.45) is 0 Å². The van der Waals surface area contributed by atoms with E-state index in [1.807, 2.05) is 0 Å². The Hall–Kier alpha value is -1.10. The van der Waals surface area contributed by atoms with Crippen molar-refractivity contribution in [1.29, 1.82) is 0 Å². The van der Waals surface area contributed by atoms with Crippen molar-refractivity contribution < 1.29 is 24.2 Å². The zero-order valence-electron chi connectivity index (χ0n) is 28.3. The van der Waals surface area contributed by atoms with Gasteiger partial charge in [-0.15, -0.1) is 0 Å². The van der Waals surface area contributed by atoms with E-state index in [-0.39, 0.29) is 25.0 Å². The summed E-state index contributed by atoms with van der Waals surface area (Å²) < 4.78 is 10.7. The predicted octanol–water partition coefficient (Wildman–Crippen LogP) is 11.5. The smallest absolute Gasteiger partial charge is 0.308 e. The number of hydrogen-bond acceptors (Lipinski definition) is 5. The molecule has 0 spiro atoms. The molecule has 0 aromatic carbocycles. The lowest BCUT2D eigenvalue weighted by Gasteiger charge is -2.17. The van der Waals surface area contributed by atoms with Gasteiger partial charge in [-0.2, -0.15) is 0 Å². The van der Waals surface area contributed by atoms with Crippen LogP contribution >= 0.6 is 0 Å². The molecule has 0 saturated heterocycles. The van der Waals surface area contributed by atoms with Crippen LogP contribution in [0.15, 0.2) is 0 Å². The third-order valence-corrected chi connectivity index (χ3v) is 8.36. The molecule has 1 unspecified atom stereocenters. The van der Waals surface area contributed by atoms with E-state index in [1.54, 1.807) is 0 Å². The summed E-state index contributed by atoms with van der Waals surface area (Å²) in [4.78, 5) is 24.5. The highest BCUT2D eigenvalue weighted by Crippen LogP contribution is 2.16. The van der Waals surface area contributed by atoms with Gasteiger partial charge in [-0.05, 0) is 12.8 Å². The highest BCUT2D eigenvalue weighted by Gasteiger charge is 2.18. The standard InChI is InChI=1S/C37H72O5/c1-3-5-7-9-11-13-15-17-18-20-22-24-26-28-30-32-36(40)42-37(33-34-38)41-35(39)31-29-27-25-23-21-19-16-14-12-10-8-6-4-2/h37-38H,3-34H2,1-2H3. The molecule has 0 aliphatic heterocycles. The average Bonchev–Trinajstić information content (AvgIpc) is 2.97. The molecule has 5 heteroatoms. The van der Waals surface area contributed by atoms with Gasteiger partial charge in [0.25, 0.3) is 0 Å².